The summed E-state index contributed by atoms with van der Waals surface area (Å²) in [7, 11) is 0. The van der Waals surface area contributed by atoms with Gasteiger partial charge in [-0.05, 0) is 64.7 Å². The van der Waals surface area contributed by atoms with E-state index in [0.717, 1.165) is 39.2 Å². The summed E-state index contributed by atoms with van der Waals surface area (Å²) in [6, 6.07) is 54.5. The van der Waals surface area contributed by atoms with Gasteiger partial charge in [-0.15, -0.1) is 11.3 Å². The molecule has 7 aromatic carbocycles. The molecule has 3 aromatic heterocycles. The minimum atomic E-state index is -0.133. The third-order valence-electron chi connectivity index (χ3n) is 11.0. The highest BCUT2D eigenvalue weighted by Crippen LogP contribution is 2.58. The van der Waals surface area contributed by atoms with Gasteiger partial charge >= 0.3 is 0 Å². The van der Waals surface area contributed by atoms with Crippen molar-refractivity contribution in [3.63, 3.8) is 0 Å². The number of fused-ring (bicyclic) bond motifs is 13. The quantitative estimate of drug-likeness (QED) is 0.187. The van der Waals surface area contributed by atoms with Gasteiger partial charge in [-0.25, -0.2) is 9.97 Å². The molecule has 3 heterocycles. The van der Waals surface area contributed by atoms with Crippen LogP contribution in [0.2, 0.25) is 0 Å². The normalized spacial score (nSPS) is 13.5. The average molecular weight is 670 g/mol. The molecular formula is C47H31N3S. The predicted octanol–water partition coefficient (Wildman–Crippen LogP) is 12.7. The van der Waals surface area contributed by atoms with Gasteiger partial charge in [0.1, 0.15) is 0 Å². The smallest absolute Gasteiger partial charge is 0.160 e. The van der Waals surface area contributed by atoms with Crippen molar-refractivity contribution in [3.8, 4) is 39.5 Å². The summed E-state index contributed by atoms with van der Waals surface area (Å²) >= 11 is 1.92. The Morgan fingerprint density at radius 2 is 1.25 bits per heavy atom. The Balaban J connectivity index is 1.20. The topological polar surface area (TPSA) is 30.7 Å². The fraction of sp³-hybridized carbons (Fsp3) is 0.0638. The van der Waals surface area contributed by atoms with Crippen molar-refractivity contribution in [3.05, 3.63) is 163 Å². The van der Waals surface area contributed by atoms with Crippen LogP contribution in [0.15, 0.2) is 152 Å². The Bertz CT molecular complexity index is 3040. The number of hydrogen-bond donors (Lipinski definition) is 0. The van der Waals surface area contributed by atoms with Crippen LogP contribution < -0.4 is 0 Å². The fourth-order valence-electron chi connectivity index (χ4n) is 8.74. The lowest BCUT2D eigenvalue weighted by atomic mass is 9.80. The highest BCUT2D eigenvalue weighted by Gasteiger charge is 2.40. The molecule has 0 saturated carbocycles. The monoisotopic (exact) mass is 669 g/mol. The molecule has 0 amide bonds. The van der Waals surface area contributed by atoms with Crippen LogP contribution in [-0.4, -0.2) is 14.5 Å². The van der Waals surface area contributed by atoms with Crippen LogP contribution >= 0.6 is 11.3 Å². The standard InChI is InChI=1S/C47H31N3S/c1-47(2)35-20-10-6-16-31(35)39-40-33-18-8-12-22-37(33)50(44(40)45-41(42(39)47)34-19-9-13-23-38(34)51-45)30-26-24-29(25-27-30)46-48-36-21-11-7-17-32(36)43(49-46)28-14-4-3-5-15-28/h3-27H,1-2H3. The zero-order valence-electron chi connectivity index (χ0n) is 28.2. The highest BCUT2D eigenvalue weighted by atomic mass is 32.1. The molecule has 3 nitrogen and oxygen atoms in total. The first-order valence-electron chi connectivity index (χ1n) is 17.5. The van der Waals surface area contributed by atoms with Crippen molar-refractivity contribution < 1.29 is 0 Å². The van der Waals surface area contributed by atoms with E-state index in [1.54, 1.807) is 0 Å². The van der Waals surface area contributed by atoms with Gasteiger partial charge in [0.2, 0.25) is 0 Å². The first-order valence-corrected chi connectivity index (χ1v) is 18.3. The van der Waals surface area contributed by atoms with Crippen molar-refractivity contribution in [2.24, 2.45) is 0 Å². The van der Waals surface area contributed by atoms with Gasteiger partial charge in [0, 0.05) is 53.9 Å². The largest absolute Gasteiger partial charge is 0.308 e. The molecule has 0 radical (unpaired) electrons. The average Bonchev–Trinajstić information content (AvgIpc) is 3.81. The predicted molar refractivity (Wildman–Crippen MR) is 215 cm³/mol. The van der Waals surface area contributed by atoms with E-state index in [1.807, 2.05) is 23.5 Å². The SMILES string of the molecule is CC1(C)c2ccccc2-c2c1c1c3ccccc3sc1c1c2c2ccccc2n1-c1ccc(-c2nc(-c3ccccc3)c3ccccc3n2)cc1. The second kappa shape index (κ2) is 10.5. The number of benzene rings is 7. The van der Waals surface area contributed by atoms with Gasteiger partial charge < -0.3 is 4.57 Å². The van der Waals surface area contributed by atoms with Crippen LogP contribution in [0.5, 0.6) is 0 Å². The minimum Gasteiger partial charge on any atom is -0.308 e. The van der Waals surface area contributed by atoms with Crippen LogP contribution in [-0.2, 0) is 5.41 Å². The van der Waals surface area contributed by atoms with Crippen molar-refractivity contribution in [2.75, 3.05) is 0 Å². The molecule has 0 unspecified atom stereocenters. The number of thiophene rings is 1. The Hall–Kier alpha value is -6.10. The molecule has 0 bridgehead atoms. The van der Waals surface area contributed by atoms with E-state index in [9.17, 15) is 0 Å². The van der Waals surface area contributed by atoms with E-state index < -0.39 is 0 Å². The number of para-hydroxylation sites is 2. The summed E-state index contributed by atoms with van der Waals surface area (Å²) in [5, 5.41) is 6.40. The molecule has 10 aromatic rings. The van der Waals surface area contributed by atoms with Crippen LogP contribution in [0.3, 0.4) is 0 Å². The molecule has 51 heavy (non-hydrogen) atoms. The number of aromatic nitrogens is 3. The Morgan fingerprint density at radius 1 is 0.569 bits per heavy atom. The molecule has 0 N–H and O–H groups in total. The number of rotatable bonds is 3. The van der Waals surface area contributed by atoms with Crippen molar-refractivity contribution in [1.29, 1.82) is 0 Å². The zero-order chi connectivity index (χ0) is 33.8. The summed E-state index contributed by atoms with van der Waals surface area (Å²) in [6.07, 6.45) is 0. The van der Waals surface area contributed by atoms with Gasteiger partial charge in [-0.3, -0.25) is 0 Å². The summed E-state index contributed by atoms with van der Waals surface area (Å²) in [5.74, 6) is 0.727. The maximum Gasteiger partial charge on any atom is 0.160 e. The number of nitrogens with zero attached hydrogens (tertiary/aromatic N) is 3. The molecule has 0 saturated heterocycles. The summed E-state index contributed by atoms with van der Waals surface area (Å²) in [6.45, 7) is 4.82. The van der Waals surface area contributed by atoms with Crippen LogP contribution in [0, 0.1) is 0 Å². The van der Waals surface area contributed by atoms with Gasteiger partial charge in [0.25, 0.3) is 0 Å². The summed E-state index contributed by atoms with van der Waals surface area (Å²) in [4.78, 5) is 10.2. The molecule has 240 valence electrons. The maximum absolute atomic E-state index is 5.16. The highest BCUT2D eigenvalue weighted by molar-refractivity contribution is 7.26. The first-order chi connectivity index (χ1) is 25.1. The van der Waals surface area contributed by atoms with Gasteiger partial charge in [0.05, 0.1) is 26.9 Å². The van der Waals surface area contributed by atoms with E-state index in [1.165, 1.54) is 64.2 Å². The van der Waals surface area contributed by atoms with Crippen LogP contribution in [0.1, 0.15) is 25.0 Å². The van der Waals surface area contributed by atoms with Gasteiger partial charge in [0.15, 0.2) is 5.82 Å². The molecule has 0 aliphatic heterocycles. The molecule has 1 aliphatic rings. The zero-order valence-corrected chi connectivity index (χ0v) is 29.0. The Kier molecular flexibility index (Phi) is 5.89. The molecule has 4 heteroatoms. The summed E-state index contributed by atoms with van der Waals surface area (Å²) < 4.78 is 5.16. The van der Waals surface area contributed by atoms with E-state index in [-0.39, 0.29) is 5.41 Å². The van der Waals surface area contributed by atoms with E-state index >= 15 is 0 Å². The van der Waals surface area contributed by atoms with Crippen molar-refractivity contribution in [1.82, 2.24) is 14.5 Å². The first kappa shape index (κ1) is 28.7. The van der Waals surface area contributed by atoms with E-state index in [2.05, 4.69) is 158 Å². The molecule has 11 rings (SSSR count). The molecular weight excluding hydrogens is 639 g/mol. The van der Waals surface area contributed by atoms with Gasteiger partial charge in [-0.2, -0.15) is 0 Å². The lowest BCUT2D eigenvalue weighted by Crippen LogP contribution is -2.15. The second-order valence-electron chi connectivity index (χ2n) is 14.1. The lowest BCUT2D eigenvalue weighted by Gasteiger charge is -2.23. The molecule has 0 spiro atoms. The fourth-order valence-corrected chi connectivity index (χ4v) is 9.99. The lowest BCUT2D eigenvalue weighted by molar-refractivity contribution is 0.667. The Labute approximate surface area is 299 Å². The minimum absolute atomic E-state index is 0.133. The van der Waals surface area contributed by atoms with Crippen molar-refractivity contribution in [2.45, 2.75) is 19.3 Å². The van der Waals surface area contributed by atoms with Crippen LogP contribution in [0.25, 0.3) is 92.3 Å². The summed E-state index contributed by atoms with van der Waals surface area (Å²) in [5.41, 5.74) is 13.0. The third kappa shape index (κ3) is 3.94. The molecule has 0 atom stereocenters. The Morgan fingerprint density at radius 3 is 2.10 bits per heavy atom. The number of hydrogen-bond acceptors (Lipinski definition) is 3. The van der Waals surface area contributed by atoms with Crippen molar-refractivity contribution >= 4 is 64.2 Å². The second-order valence-corrected chi connectivity index (χ2v) is 15.2. The van der Waals surface area contributed by atoms with Gasteiger partial charge in [-0.1, -0.05) is 123 Å². The maximum atomic E-state index is 5.16. The van der Waals surface area contributed by atoms with E-state index in [0.29, 0.717) is 0 Å². The molecule has 1 aliphatic carbocycles. The third-order valence-corrected chi connectivity index (χ3v) is 12.1. The van der Waals surface area contributed by atoms with E-state index in [4.69, 9.17) is 9.97 Å². The molecule has 0 fully saturated rings. The van der Waals surface area contributed by atoms with Crippen LogP contribution in [0.4, 0.5) is 0 Å².